The lowest BCUT2D eigenvalue weighted by Gasteiger charge is -2.37. The van der Waals surface area contributed by atoms with Crippen LogP contribution in [0.1, 0.15) is 72.1 Å². The lowest BCUT2D eigenvalue weighted by Crippen LogP contribution is -2.54. The lowest BCUT2D eigenvalue weighted by molar-refractivity contribution is -0.138. The highest BCUT2D eigenvalue weighted by atomic mass is 16.2. The van der Waals surface area contributed by atoms with Crippen molar-refractivity contribution < 1.29 is 14.4 Å². The Bertz CT molecular complexity index is 507. The number of piperidine rings is 1. The number of nitrogens with zero attached hydrogens (tertiary/aromatic N) is 1. The minimum atomic E-state index is -0.494. The highest BCUT2D eigenvalue weighted by molar-refractivity contribution is 5.88. The Morgan fingerprint density at radius 1 is 1.04 bits per heavy atom. The van der Waals surface area contributed by atoms with Crippen LogP contribution < -0.4 is 10.6 Å². The van der Waals surface area contributed by atoms with Crippen LogP contribution in [0.4, 0.5) is 0 Å². The zero-order valence-corrected chi connectivity index (χ0v) is 17.3. The monoisotopic (exact) mass is 379 g/mol. The topological polar surface area (TPSA) is 78.5 Å². The van der Waals surface area contributed by atoms with Gasteiger partial charge in [-0.05, 0) is 43.9 Å². The molecule has 1 saturated heterocycles. The SMILES string of the molecule is CCCNC(=O)C(NC(=O)CC(C)C)C1CCN(C(=O)C2CCCC2)CC1. The van der Waals surface area contributed by atoms with Gasteiger partial charge in [0.1, 0.15) is 6.04 Å². The standard InChI is InChI=1S/C21H37N3O3/c1-4-11-22-20(26)19(23-18(25)14-15(2)3)16-9-12-24(13-10-16)21(27)17-7-5-6-8-17/h15-17,19H,4-14H2,1-3H3,(H,22,26)(H,23,25). The van der Waals surface area contributed by atoms with Gasteiger partial charge in [0, 0.05) is 32.0 Å². The number of likely N-dealkylation sites (tertiary alicyclic amines) is 1. The minimum Gasteiger partial charge on any atom is -0.354 e. The summed E-state index contributed by atoms with van der Waals surface area (Å²) >= 11 is 0. The molecule has 0 spiro atoms. The van der Waals surface area contributed by atoms with Crippen molar-refractivity contribution in [2.45, 2.75) is 78.2 Å². The van der Waals surface area contributed by atoms with Gasteiger partial charge < -0.3 is 15.5 Å². The molecule has 1 saturated carbocycles. The third kappa shape index (κ3) is 6.51. The van der Waals surface area contributed by atoms with E-state index in [9.17, 15) is 14.4 Å². The summed E-state index contributed by atoms with van der Waals surface area (Å²) in [5.41, 5.74) is 0. The fourth-order valence-corrected chi connectivity index (χ4v) is 4.24. The van der Waals surface area contributed by atoms with Gasteiger partial charge in [-0.1, -0.05) is 33.6 Å². The molecule has 1 unspecified atom stereocenters. The van der Waals surface area contributed by atoms with Gasteiger partial charge in [0.15, 0.2) is 0 Å². The van der Waals surface area contributed by atoms with Crippen LogP contribution in [-0.2, 0) is 14.4 Å². The molecule has 2 fully saturated rings. The first-order valence-electron chi connectivity index (χ1n) is 10.8. The Balaban J connectivity index is 1.93. The van der Waals surface area contributed by atoms with Crippen LogP contribution >= 0.6 is 0 Å². The number of carbonyl (C=O) groups excluding carboxylic acids is 3. The van der Waals surface area contributed by atoms with Gasteiger partial charge in [0.25, 0.3) is 0 Å². The zero-order chi connectivity index (χ0) is 19.8. The number of hydrogen-bond donors (Lipinski definition) is 2. The van der Waals surface area contributed by atoms with Gasteiger partial charge in [-0.3, -0.25) is 14.4 Å². The largest absolute Gasteiger partial charge is 0.354 e. The van der Waals surface area contributed by atoms with E-state index in [0.29, 0.717) is 32.0 Å². The Hall–Kier alpha value is -1.59. The fraction of sp³-hybridized carbons (Fsp3) is 0.857. The Labute approximate surface area is 163 Å². The van der Waals surface area contributed by atoms with Crippen LogP contribution in [0.3, 0.4) is 0 Å². The van der Waals surface area contributed by atoms with E-state index in [0.717, 1.165) is 44.9 Å². The molecule has 27 heavy (non-hydrogen) atoms. The van der Waals surface area contributed by atoms with Crippen LogP contribution in [0, 0.1) is 17.8 Å². The molecule has 6 nitrogen and oxygen atoms in total. The molecule has 1 atom stereocenters. The second-order valence-corrected chi connectivity index (χ2v) is 8.58. The quantitative estimate of drug-likeness (QED) is 0.680. The minimum absolute atomic E-state index is 0.0638. The molecule has 2 N–H and O–H groups in total. The summed E-state index contributed by atoms with van der Waals surface area (Å²) in [6.45, 7) is 8.01. The van der Waals surface area contributed by atoms with Gasteiger partial charge in [-0.25, -0.2) is 0 Å². The highest BCUT2D eigenvalue weighted by Crippen LogP contribution is 2.29. The Kier molecular flexibility index (Phi) is 8.58. The predicted molar refractivity (Wildman–Crippen MR) is 106 cm³/mol. The average molecular weight is 380 g/mol. The van der Waals surface area contributed by atoms with Crippen molar-refractivity contribution in [3.05, 3.63) is 0 Å². The van der Waals surface area contributed by atoms with E-state index in [1.54, 1.807) is 0 Å². The zero-order valence-electron chi connectivity index (χ0n) is 17.3. The second kappa shape index (κ2) is 10.7. The molecule has 3 amide bonds. The fourth-order valence-electron chi connectivity index (χ4n) is 4.24. The van der Waals surface area contributed by atoms with Crippen LogP contribution in [0.5, 0.6) is 0 Å². The number of hydrogen-bond acceptors (Lipinski definition) is 3. The van der Waals surface area contributed by atoms with Gasteiger partial charge in [-0.2, -0.15) is 0 Å². The van der Waals surface area contributed by atoms with Crippen molar-refractivity contribution in [2.75, 3.05) is 19.6 Å². The van der Waals surface area contributed by atoms with E-state index in [4.69, 9.17) is 0 Å². The normalized spacial score (nSPS) is 19.9. The van der Waals surface area contributed by atoms with Crippen molar-refractivity contribution in [2.24, 2.45) is 17.8 Å². The van der Waals surface area contributed by atoms with Crippen LogP contribution in [0.25, 0.3) is 0 Å². The van der Waals surface area contributed by atoms with Gasteiger partial charge in [0.05, 0.1) is 0 Å². The number of amides is 3. The first kappa shape index (κ1) is 21.7. The molecular formula is C21H37N3O3. The van der Waals surface area contributed by atoms with Crippen molar-refractivity contribution >= 4 is 17.7 Å². The van der Waals surface area contributed by atoms with E-state index in [2.05, 4.69) is 10.6 Å². The molecule has 1 aliphatic carbocycles. The van der Waals surface area contributed by atoms with Gasteiger partial charge in [-0.15, -0.1) is 0 Å². The summed E-state index contributed by atoms with van der Waals surface area (Å²) in [5, 5.41) is 5.90. The third-order valence-electron chi connectivity index (χ3n) is 5.77. The molecule has 2 aliphatic rings. The average Bonchev–Trinajstić information content (AvgIpc) is 3.18. The van der Waals surface area contributed by atoms with Crippen LogP contribution in [0.15, 0.2) is 0 Å². The summed E-state index contributed by atoms with van der Waals surface area (Å²) < 4.78 is 0. The molecule has 154 valence electrons. The summed E-state index contributed by atoms with van der Waals surface area (Å²) in [4.78, 5) is 39.5. The third-order valence-corrected chi connectivity index (χ3v) is 5.77. The van der Waals surface area contributed by atoms with E-state index >= 15 is 0 Å². The lowest BCUT2D eigenvalue weighted by atomic mass is 9.87. The van der Waals surface area contributed by atoms with E-state index in [-0.39, 0.29) is 29.6 Å². The van der Waals surface area contributed by atoms with Crippen molar-refractivity contribution in [1.82, 2.24) is 15.5 Å². The van der Waals surface area contributed by atoms with E-state index < -0.39 is 6.04 Å². The molecule has 0 radical (unpaired) electrons. The summed E-state index contributed by atoms with van der Waals surface area (Å²) in [6.07, 6.45) is 7.19. The van der Waals surface area contributed by atoms with Crippen molar-refractivity contribution in [1.29, 1.82) is 0 Å². The maximum atomic E-state index is 12.6. The molecule has 0 bridgehead atoms. The molecule has 1 heterocycles. The van der Waals surface area contributed by atoms with Crippen LogP contribution in [0.2, 0.25) is 0 Å². The van der Waals surface area contributed by atoms with Gasteiger partial charge in [0.2, 0.25) is 17.7 Å². The molecule has 0 aromatic heterocycles. The summed E-state index contributed by atoms with van der Waals surface area (Å²) in [7, 11) is 0. The second-order valence-electron chi connectivity index (χ2n) is 8.58. The smallest absolute Gasteiger partial charge is 0.242 e. The summed E-state index contributed by atoms with van der Waals surface area (Å²) in [5.74, 6) is 0.694. The van der Waals surface area contributed by atoms with E-state index in [1.165, 1.54) is 0 Å². The molecule has 1 aliphatic heterocycles. The van der Waals surface area contributed by atoms with Gasteiger partial charge >= 0.3 is 0 Å². The molecule has 0 aromatic rings. The number of nitrogens with one attached hydrogen (secondary N) is 2. The number of rotatable bonds is 8. The molecular weight excluding hydrogens is 342 g/mol. The highest BCUT2D eigenvalue weighted by Gasteiger charge is 2.35. The molecule has 2 rings (SSSR count). The predicted octanol–water partition coefficient (Wildman–Crippen LogP) is 2.47. The van der Waals surface area contributed by atoms with Crippen molar-refractivity contribution in [3.8, 4) is 0 Å². The van der Waals surface area contributed by atoms with Crippen LogP contribution in [-0.4, -0.2) is 48.3 Å². The van der Waals surface area contributed by atoms with E-state index in [1.807, 2.05) is 25.7 Å². The number of carbonyl (C=O) groups is 3. The van der Waals surface area contributed by atoms with Crippen molar-refractivity contribution in [3.63, 3.8) is 0 Å². The molecule has 6 heteroatoms. The first-order valence-corrected chi connectivity index (χ1v) is 10.8. The Morgan fingerprint density at radius 3 is 2.22 bits per heavy atom. The maximum Gasteiger partial charge on any atom is 0.242 e. The summed E-state index contributed by atoms with van der Waals surface area (Å²) in [6, 6.07) is -0.494. The Morgan fingerprint density at radius 2 is 1.67 bits per heavy atom. The maximum absolute atomic E-state index is 12.6. The molecule has 0 aromatic carbocycles. The first-order chi connectivity index (χ1) is 12.9.